The van der Waals surface area contributed by atoms with Crippen molar-refractivity contribution in [3.63, 3.8) is 0 Å². The van der Waals surface area contributed by atoms with Crippen LogP contribution in [0.3, 0.4) is 0 Å². The number of carbonyl (C=O) groups is 1. The van der Waals surface area contributed by atoms with Gasteiger partial charge in [0.25, 0.3) is 0 Å². The molecule has 0 spiro atoms. The molecule has 1 heterocycles. The molecule has 1 aliphatic rings. The second-order valence-corrected chi connectivity index (χ2v) is 5.93. The molecule has 19 heavy (non-hydrogen) atoms. The van der Waals surface area contributed by atoms with Crippen LogP contribution in [-0.2, 0) is 0 Å². The van der Waals surface area contributed by atoms with Crippen LogP contribution in [0, 0.1) is 5.92 Å². The monoisotopic (exact) mass is 301 g/mol. The summed E-state index contributed by atoms with van der Waals surface area (Å²) in [6, 6.07) is 4.89. The van der Waals surface area contributed by atoms with E-state index in [4.69, 9.17) is 23.2 Å². The molecule has 1 aromatic carbocycles. The molecule has 1 aromatic rings. The van der Waals surface area contributed by atoms with E-state index in [1.165, 1.54) is 0 Å². The number of benzene rings is 1. The van der Waals surface area contributed by atoms with E-state index in [2.05, 4.69) is 10.2 Å². The summed E-state index contributed by atoms with van der Waals surface area (Å²) in [6.07, 6.45) is 0. The van der Waals surface area contributed by atoms with E-state index >= 15 is 0 Å². The molecule has 1 fully saturated rings. The molecular formula is C13H17Cl2N3O. The van der Waals surface area contributed by atoms with Crippen molar-refractivity contribution in [1.82, 2.24) is 9.80 Å². The molecule has 0 aromatic heterocycles. The van der Waals surface area contributed by atoms with Gasteiger partial charge >= 0.3 is 6.03 Å². The van der Waals surface area contributed by atoms with Crippen molar-refractivity contribution in [2.45, 2.75) is 0 Å². The lowest BCUT2D eigenvalue weighted by Crippen LogP contribution is -2.54. The predicted molar refractivity (Wildman–Crippen MR) is 79.1 cm³/mol. The Labute approximate surface area is 123 Å². The Kier molecular flexibility index (Phi) is 4.55. The zero-order valence-corrected chi connectivity index (χ0v) is 12.5. The van der Waals surface area contributed by atoms with Gasteiger partial charge in [-0.05, 0) is 32.3 Å². The first-order valence-corrected chi connectivity index (χ1v) is 6.87. The van der Waals surface area contributed by atoms with Gasteiger partial charge in [-0.3, -0.25) is 0 Å². The largest absolute Gasteiger partial charge is 0.324 e. The Morgan fingerprint density at radius 1 is 1.42 bits per heavy atom. The Morgan fingerprint density at radius 2 is 2.11 bits per heavy atom. The van der Waals surface area contributed by atoms with Crippen LogP contribution in [0.4, 0.5) is 10.5 Å². The number of nitrogens with zero attached hydrogens (tertiary/aromatic N) is 2. The zero-order chi connectivity index (χ0) is 14.0. The number of amides is 2. The van der Waals surface area contributed by atoms with Gasteiger partial charge in [0.15, 0.2) is 0 Å². The average molecular weight is 302 g/mol. The van der Waals surface area contributed by atoms with Crippen LogP contribution >= 0.6 is 23.2 Å². The Morgan fingerprint density at radius 3 is 2.74 bits per heavy atom. The summed E-state index contributed by atoms with van der Waals surface area (Å²) in [4.78, 5) is 15.9. The van der Waals surface area contributed by atoms with Gasteiger partial charge < -0.3 is 15.1 Å². The molecule has 0 aliphatic carbocycles. The van der Waals surface area contributed by atoms with Gasteiger partial charge in [-0.2, -0.15) is 0 Å². The highest BCUT2D eigenvalue weighted by Gasteiger charge is 2.30. The molecule has 1 aliphatic heterocycles. The third-order valence-corrected chi connectivity index (χ3v) is 3.60. The van der Waals surface area contributed by atoms with Gasteiger partial charge in [0.2, 0.25) is 0 Å². The van der Waals surface area contributed by atoms with Gasteiger partial charge in [-0.15, -0.1) is 0 Å². The Balaban J connectivity index is 1.87. The highest BCUT2D eigenvalue weighted by atomic mass is 35.5. The number of nitrogens with one attached hydrogen (secondary N) is 1. The van der Waals surface area contributed by atoms with Gasteiger partial charge in [0.1, 0.15) is 0 Å². The average Bonchev–Trinajstić information content (AvgIpc) is 2.27. The number of anilines is 1. The topological polar surface area (TPSA) is 35.6 Å². The van der Waals surface area contributed by atoms with Gasteiger partial charge in [0.05, 0.1) is 10.7 Å². The minimum atomic E-state index is -0.126. The maximum absolute atomic E-state index is 12.0. The maximum Gasteiger partial charge on any atom is 0.321 e. The molecule has 1 saturated heterocycles. The maximum atomic E-state index is 12.0. The summed E-state index contributed by atoms with van der Waals surface area (Å²) in [5.74, 6) is 0.551. The summed E-state index contributed by atoms with van der Waals surface area (Å²) in [5, 5.41) is 3.82. The fraction of sp³-hybridized carbons (Fsp3) is 0.462. The summed E-state index contributed by atoms with van der Waals surface area (Å²) in [6.45, 7) is 2.56. The smallest absolute Gasteiger partial charge is 0.321 e. The number of rotatable bonds is 3. The zero-order valence-electron chi connectivity index (χ0n) is 11.0. The fourth-order valence-corrected chi connectivity index (χ4v) is 2.49. The first kappa shape index (κ1) is 14.4. The van der Waals surface area contributed by atoms with Crippen molar-refractivity contribution in [1.29, 1.82) is 0 Å². The summed E-state index contributed by atoms with van der Waals surface area (Å²) in [5.41, 5.74) is 0.551. The van der Waals surface area contributed by atoms with Crippen molar-refractivity contribution in [2.75, 3.05) is 39.0 Å². The quantitative estimate of drug-likeness (QED) is 0.931. The van der Waals surface area contributed by atoms with Crippen molar-refractivity contribution < 1.29 is 4.79 Å². The van der Waals surface area contributed by atoms with E-state index in [0.29, 0.717) is 21.7 Å². The number of hydrogen-bond acceptors (Lipinski definition) is 2. The third kappa shape index (κ3) is 3.75. The van der Waals surface area contributed by atoms with Crippen LogP contribution in [0.15, 0.2) is 18.2 Å². The molecule has 2 amide bonds. The predicted octanol–water partition coefficient (Wildman–Crippen LogP) is 3.02. The third-order valence-electron chi connectivity index (χ3n) is 3.04. The minimum Gasteiger partial charge on any atom is -0.324 e. The van der Waals surface area contributed by atoms with E-state index in [0.717, 1.165) is 19.6 Å². The summed E-state index contributed by atoms with van der Waals surface area (Å²) in [7, 11) is 4.07. The molecule has 0 bridgehead atoms. The van der Waals surface area contributed by atoms with Crippen molar-refractivity contribution in [3.8, 4) is 0 Å². The fourth-order valence-electron chi connectivity index (χ4n) is 2.16. The van der Waals surface area contributed by atoms with Gasteiger partial charge in [-0.1, -0.05) is 23.2 Å². The van der Waals surface area contributed by atoms with Crippen molar-refractivity contribution in [2.24, 2.45) is 5.92 Å². The molecule has 0 atom stereocenters. The first-order chi connectivity index (χ1) is 8.95. The molecule has 2 rings (SSSR count). The SMILES string of the molecule is CN(C)CC1CN(C(=O)Nc2cc(Cl)ccc2Cl)C1. The lowest BCUT2D eigenvalue weighted by Gasteiger charge is -2.40. The van der Waals surface area contributed by atoms with Crippen LogP contribution < -0.4 is 5.32 Å². The molecule has 4 nitrogen and oxygen atoms in total. The molecule has 0 saturated carbocycles. The van der Waals surface area contributed by atoms with E-state index in [-0.39, 0.29) is 6.03 Å². The molecule has 0 unspecified atom stereocenters. The van der Waals surface area contributed by atoms with Crippen LogP contribution in [0.1, 0.15) is 0 Å². The van der Waals surface area contributed by atoms with E-state index < -0.39 is 0 Å². The highest BCUT2D eigenvalue weighted by Crippen LogP contribution is 2.26. The van der Waals surface area contributed by atoms with E-state index in [1.807, 2.05) is 14.1 Å². The molecular weight excluding hydrogens is 285 g/mol. The van der Waals surface area contributed by atoms with Crippen molar-refractivity contribution >= 4 is 34.9 Å². The number of hydrogen-bond donors (Lipinski definition) is 1. The van der Waals surface area contributed by atoms with E-state index in [9.17, 15) is 4.79 Å². The molecule has 1 N–H and O–H groups in total. The number of carbonyl (C=O) groups excluding carboxylic acids is 1. The standard InChI is InChI=1S/C13H17Cl2N3O/c1-17(2)6-9-7-18(8-9)13(19)16-12-5-10(14)3-4-11(12)15/h3-5,9H,6-8H2,1-2H3,(H,16,19). The lowest BCUT2D eigenvalue weighted by atomic mass is 10.0. The Bertz CT molecular complexity index is 473. The van der Waals surface area contributed by atoms with Crippen LogP contribution in [0.2, 0.25) is 10.0 Å². The summed E-state index contributed by atoms with van der Waals surface area (Å²) < 4.78 is 0. The van der Waals surface area contributed by atoms with Crippen molar-refractivity contribution in [3.05, 3.63) is 28.2 Å². The van der Waals surface area contributed by atoms with Crippen LogP contribution in [0.5, 0.6) is 0 Å². The number of halogens is 2. The minimum absolute atomic E-state index is 0.126. The highest BCUT2D eigenvalue weighted by molar-refractivity contribution is 6.35. The Hall–Kier alpha value is -0.970. The normalized spacial score (nSPS) is 15.5. The van der Waals surface area contributed by atoms with E-state index in [1.54, 1.807) is 23.1 Å². The summed E-state index contributed by atoms with van der Waals surface area (Å²) >= 11 is 11.9. The molecule has 104 valence electrons. The second kappa shape index (κ2) is 5.99. The van der Waals surface area contributed by atoms with Gasteiger partial charge in [-0.25, -0.2) is 4.79 Å². The van der Waals surface area contributed by atoms with Crippen LogP contribution in [0.25, 0.3) is 0 Å². The number of likely N-dealkylation sites (tertiary alicyclic amines) is 1. The second-order valence-electron chi connectivity index (χ2n) is 5.09. The first-order valence-electron chi connectivity index (χ1n) is 6.11. The van der Waals surface area contributed by atoms with Crippen LogP contribution in [-0.4, -0.2) is 49.6 Å². The number of urea groups is 1. The van der Waals surface area contributed by atoms with Gasteiger partial charge in [0, 0.05) is 30.6 Å². The molecule has 6 heteroatoms. The lowest BCUT2D eigenvalue weighted by molar-refractivity contribution is 0.111. The molecule has 0 radical (unpaired) electrons.